The number of piperazine rings is 2. The summed E-state index contributed by atoms with van der Waals surface area (Å²) in [6, 6.07) is 6.38. The number of benzene rings is 1. The quantitative estimate of drug-likeness (QED) is 0.335. The van der Waals surface area contributed by atoms with Crippen molar-refractivity contribution in [2.45, 2.75) is 38.8 Å². The van der Waals surface area contributed by atoms with Gasteiger partial charge in [-0.1, -0.05) is 12.1 Å². The number of aromatic nitrogens is 1. The number of ether oxygens (including phenoxy) is 2. The van der Waals surface area contributed by atoms with Gasteiger partial charge in [-0.3, -0.25) is 24.0 Å². The van der Waals surface area contributed by atoms with Crippen LogP contribution in [0.15, 0.2) is 30.3 Å². The van der Waals surface area contributed by atoms with Gasteiger partial charge in [0, 0.05) is 57.1 Å². The molecule has 15 heteroatoms. The summed E-state index contributed by atoms with van der Waals surface area (Å²) in [5.74, 6) is -2.80. The molecular formula is C29H36N6O9. The van der Waals surface area contributed by atoms with E-state index in [1.807, 2.05) is 0 Å². The topological polar surface area (TPSA) is 188 Å². The minimum Gasteiger partial charge on any atom is -0.483 e. The van der Waals surface area contributed by atoms with E-state index < -0.39 is 41.9 Å². The summed E-state index contributed by atoms with van der Waals surface area (Å²) in [5, 5.41) is 15.1. The Balaban J connectivity index is 1.49. The number of aliphatic carboxylic acids is 1. The summed E-state index contributed by atoms with van der Waals surface area (Å²) in [5.41, 5.74) is 0.300. The van der Waals surface area contributed by atoms with Crippen molar-refractivity contribution in [2.75, 3.05) is 52.5 Å². The number of carbonyl (C=O) groups is 6. The van der Waals surface area contributed by atoms with Crippen LogP contribution in [0.4, 0.5) is 4.79 Å². The number of para-hydroxylation sites is 1. The number of fused-ring (bicyclic) bond motifs is 1. The average Bonchev–Trinajstić information content (AvgIpc) is 3.02. The number of nitrogens with zero attached hydrogens (tertiary/aromatic N) is 4. The number of carboxylic acid groups (broad SMARTS) is 1. The highest BCUT2D eigenvalue weighted by atomic mass is 16.6. The van der Waals surface area contributed by atoms with E-state index in [0.717, 1.165) is 0 Å². The van der Waals surface area contributed by atoms with Crippen LogP contribution in [0, 0.1) is 0 Å². The van der Waals surface area contributed by atoms with Gasteiger partial charge in [0.1, 0.15) is 23.5 Å². The Labute approximate surface area is 253 Å². The minimum absolute atomic E-state index is 0.0999. The van der Waals surface area contributed by atoms with Crippen molar-refractivity contribution in [3.63, 3.8) is 0 Å². The maximum Gasteiger partial charge on any atom is 0.409 e. The predicted molar refractivity (Wildman–Crippen MR) is 155 cm³/mol. The molecule has 3 N–H and O–H groups in total. The maximum absolute atomic E-state index is 13.4. The lowest BCUT2D eigenvalue weighted by Crippen LogP contribution is -2.56. The predicted octanol–water partition coefficient (Wildman–Crippen LogP) is 0.224. The minimum atomic E-state index is -1.17. The fourth-order valence-electron chi connectivity index (χ4n) is 5.03. The van der Waals surface area contributed by atoms with Crippen LogP contribution >= 0.6 is 0 Å². The molecule has 0 saturated carbocycles. The molecule has 1 aromatic heterocycles. The third-order valence-corrected chi connectivity index (χ3v) is 7.45. The fourth-order valence-corrected chi connectivity index (χ4v) is 5.03. The van der Waals surface area contributed by atoms with Gasteiger partial charge in [0.2, 0.25) is 11.8 Å². The molecule has 0 radical (unpaired) electrons. The smallest absolute Gasteiger partial charge is 0.409 e. The van der Waals surface area contributed by atoms with Crippen molar-refractivity contribution in [1.82, 2.24) is 30.3 Å². The average molecular weight is 613 g/mol. The molecule has 0 bridgehead atoms. The van der Waals surface area contributed by atoms with Gasteiger partial charge in [0.15, 0.2) is 6.61 Å². The molecule has 15 nitrogen and oxygen atoms in total. The van der Waals surface area contributed by atoms with Crippen LogP contribution in [-0.2, 0) is 23.9 Å². The zero-order valence-corrected chi connectivity index (χ0v) is 24.6. The van der Waals surface area contributed by atoms with E-state index in [1.165, 1.54) is 20.8 Å². The molecule has 2 fully saturated rings. The molecule has 2 aromatic rings. The van der Waals surface area contributed by atoms with Gasteiger partial charge in [-0.15, -0.1) is 0 Å². The van der Waals surface area contributed by atoms with Crippen molar-refractivity contribution < 1.29 is 43.3 Å². The number of nitrogens with one attached hydrogen (secondary N) is 2. The van der Waals surface area contributed by atoms with Gasteiger partial charge in [-0.25, -0.2) is 9.78 Å². The SMILES string of the molecule is CCOC(=O)N1CCN(C(=O)C(CCC(=O)O)NC(=O)c2cc(OCC(=O)N3CCNC(=O)[C@@H]3C)c3ccccc3n2)CC1. The third-order valence-electron chi connectivity index (χ3n) is 7.45. The van der Waals surface area contributed by atoms with Crippen molar-refractivity contribution in [2.24, 2.45) is 0 Å². The number of carbonyl (C=O) groups excluding carboxylic acids is 5. The van der Waals surface area contributed by atoms with Crippen LogP contribution in [-0.4, -0.2) is 125 Å². The fraction of sp³-hybridized carbons (Fsp3) is 0.483. The highest BCUT2D eigenvalue weighted by molar-refractivity contribution is 5.99. The number of pyridine rings is 1. The van der Waals surface area contributed by atoms with Crippen molar-refractivity contribution in [3.8, 4) is 5.75 Å². The van der Waals surface area contributed by atoms with Crippen LogP contribution in [0.2, 0.25) is 0 Å². The van der Waals surface area contributed by atoms with E-state index in [-0.39, 0.29) is 69.6 Å². The highest BCUT2D eigenvalue weighted by Crippen LogP contribution is 2.26. The molecule has 236 valence electrons. The van der Waals surface area contributed by atoms with Crippen LogP contribution < -0.4 is 15.4 Å². The second-order valence-electron chi connectivity index (χ2n) is 10.3. The molecule has 1 unspecified atom stereocenters. The van der Waals surface area contributed by atoms with Gasteiger partial charge in [0.05, 0.1) is 12.1 Å². The summed E-state index contributed by atoms with van der Waals surface area (Å²) >= 11 is 0. The van der Waals surface area contributed by atoms with E-state index in [4.69, 9.17) is 9.47 Å². The summed E-state index contributed by atoms with van der Waals surface area (Å²) in [6.07, 6.45) is -1.01. The number of carboxylic acids is 1. The number of hydrogen-bond donors (Lipinski definition) is 3. The second-order valence-corrected chi connectivity index (χ2v) is 10.3. The summed E-state index contributed by atoms with van der Waals surface area (Å²) in [6.45, 7) is 4.68. The molecule has 2 atom stereocenters. The molecule has 5 amide bonds. The van der Waals surface area contributed by atoms with Crippen molar-refractivity contribution in [3.05, 3.63) is 36.0 Å². The van der Waals surface area contributed by atoms with E-state index >= 15 is 0 Å². The van der Waals surface area contributed by atoms with Gasteiger partial charge in [0.25, 0.3) is 11.8 Å². The lowest BCUT2D eigenvalue weighted by molar-refractivity contribution is -0.143. The number of amides is 5. The Kier molecular flexibility index (Phi) is 10.5. The number of hydrogen-bond acceptors (Lipinski definition) is 9. The largest absolute Gasteiger partial charge is 0.483 e. The van der Waals surface area contributed by atoms with Gasteiger partial charge >= 0.3 is 12.1 Å². The van der Waals surface area contributed by atoms with Gasteiger partial charge in [-0.05, 0) is 32.4 Å². The van der Waals surface area contributed by atoms with Crippen molar-refractivity contribution in [1.29, 1.82) is 0 Å². The van der Waals surface area contributed by atoms with Gasteiger partial charge in [-0.2, -0.15) is 0 Å². The summed E-state index contributed by atoms with van der Waals surface area (Å²) < 4.78 is 10.9. The Hall–Kier alpha value is -4.95. The number of rotatable bonds is 10. The first kappa shape index (κ1) is 32.0. The zero-order valence-electron chi connectivity index (χ0n) is 24.6. The molecule has 2 saturated heterocycles. The maximum atomic E-state index is 13.4. The zero-order chi connectivity index (χ0) is 31.8. The van der Waals surface area contributed by atoms with Crippen LogP contribution in [0.5, 0.6) is 5.75 Å². The molecule has 4 rings (SSSR count). The van der Waals surface area contributed by atoms with Crippen molar-refractivity contribution >= 4 is 46.6 Å². The Morgan fingerprint density at radius 3 is 2.50 bits per heavy atom. The second kappa shape index (κ2) is 14.5. The monoisotopic (exact) mass is 612 g/mol. The van der Waals surface area contributed by atoms with E-state index in [2.05, 4.69) is 15.6 Å². The van der Waals surface area contributed by atoms with E-state index in [9.17, 15) is 33.9 Å². The molecule has 2 aliphatic heterocycles. The standard InChI is InChI=1S/C29H36N6O9/c1-3-43-29(42)34-14-12-33(13-15-34)28(41)21(8-9-25(37)38)32-27(40)22-16-23(19-6-4-5-7-20(19)31-22)44-17-24(36)35-11-10-30-26(39)18(35)2/h4-7,16,18,21H,3,8-15,17H2,1-2H3,(H,30,39)(H,32,40)(H,37,38)/t18-,21?/m0/s1. The molecule has 2 aliphatic rings. The molecule has 1 aromatic carbocycles. The van der Waals surface area contributed by atoms with E-state index in [0.29, 0.717) is 24.0 Å². The first-order valence-corrected chi connectivity index (χ1v) is 14.4. The highest BCUT2D eigenvalue weighted by Gasteiger charge is 2.32. The lowest BCUT2D eigenvalue weighted by Gasteiger charge is -2.35. The Morgan fingerprint density at radius 2 is 1.80 bits per heavy atom. The summed E-state index contributed by atoms with van der Waals surface area (Å²) in [4.78, 5) is 83.8. The molecule has 44 heavy (non-hydrogen) atoms. The summed E-state index contributed by atoms with van der Waals surface area (Å²) in [7, 11) is 0. The van der Waals surface area contributed by atoms with Crippen LogP contribution in [0.3, 0.4) is 0 Å². The first-order valence-electron chi connectivity index (χ1n) is 14.4. The molecular weight excluding hydrogens is 576 g/mol. The van der Waals surface area contributed by atoms with Crippen LogP contribution in [0.1, 0.15) is 37.2 Å². The molecule has 0 aliphatic carbocycles. The Morgan fingerprint density at radius 1 is 1.09 bits per heavy atom. The van der Waals surface area contributed by atoms with Gasteiger partial charge < -0.3 is 39.9 Å². The third kappa shape index (κ3) is 7.71. The Bertz CT molecular complexity index is 1430. The van der Waals surface area contributed by atoms with Crippen LogP contribution in [0.25, 0.3) is 10.9 Å². The normalized spacial score (nSPS) is 17.5. The molecule has 0 spiro atoms. The lowest BCUT2D eigenvalue weighted by atomic mass is 10.1. The molecule has 3 heterocycles. The first-order chi connectivity index (χ1) is 21.1. The van der Waals surface area contributed by atoms with E-state index in [1.54, 1.807) is 38.1 Å².